The Balaban J connectivity index is 1.39. The maximum absolute atomic E-state index is 15.2. The standard InChI is InChI=1S/C29H26F6N2O2/c1-38-12-2-3-20-16-36-26(37-17-20)11-6-18-5-10-23-22(13-18)9-8-21(27(23)32)7-4-19-14-24(30)28(25(31)15-19)39-29(33,34)35/h5,8-10,13-17H,2-4,6-7,11-12H2,1H3. The molecule has 4 rings (SSSR count). The molecule has 0 bridgehead atoms. The molecule has 4 nitrogen and oxygen atoms in total. The van der Waals surface area contributed by atoms with Gasteiger partial charge in [0.05, 0.1) is 0 Å². The zero-order valence-corrected chi connectivity index (χ0v) is 21.1. The van der Waals surface area contributed by atoms with Crippen LogP contribution in [-0.4, -0.2) is 30.0 Å². The van der Waals surface area contributed by atoms with Crippen molar-refractivity contribution in [1.82, 2.24) is 9.97 Å². The first-order valence-electron chi connectivity index (χ1n) is 12.4. The fourth-order valence-electron chi connectivity index (χ4n) is 4.30. The summed E-state index contributed by atoms with van der Waals surface area (Å²) >= 11 is 0. The van der Waals surface area contributed by atoms with Crippen molar-refractivity contribution >= 4 is 10.8 Å². The number of alkyl halides is 3. The van der Waals surface area contributed by atoms with Gasteiger partial charge in [0.25, 0.3) is 0 Å². The van der Waals surface area contributed by atoms with Gasteiger partial charge in [0.2, 0.25) is 5.75 Å². The van der Waals surface area contributed by atoms with Gasteiger partial charge in [-0.05, 0) is 71.9 Å². The molecule has 0 unspecified atom stereocenters. The summed E-state index contributed by atoms with van der Waals surface area (Å²) in [5, 5.41) is 1.10. The quantitative estimate of drug-likeness (QED) is 0.148. The van der Waals surface area contributed by atoms with E-state index in [0.29, 0.717) is 35.8 Å². The summed E-state index contributed by atoms with van der Waals surface area (Å²) in [5.41, 5.74) is 2.45. The summed E-state index contributed by atoms with van der Waals surface area (Å²) in [6, 6.07) is 10.3. The number of halogens is 6. The van der Waals surface area contributed by atoms with Crippen LogP contribution in [0.3, 0.4) is 0 Å². The highest BCUT2D eigenvalue weighted by molar-refractivity contribution is 5.84. The Bertz CT molecular complexity index is 1400. The van der Waals surface area contributed by atoms with Crippen LogP contribution in [0.2, 0.25) is 0 Å². The number of hydrogen-bond donors (Lipinski definition) is 0. The lowest BCUT2D eigenvalue weighted by molar-refractivity contribution is -0.276. The molecule has 4 aromatic rings. The lowest BCUT2D eigenvalue weighted by Crippen LogP contribution is -2.19. The monoisotopic (exact) mass is 548 g/mol. The molecule has 0 saturated carbocycles. The van der Waals surface area contributed by atoms with Gasteiger partial charge in [0.15, 0.2) is 11.6 Å². The molecule has 0 aliphatic carbocycles. The molecule has 39 heavy (non-hydrogen) atoms. The fourth-order valence-corrected chi connectivity index (χ4v) is 4.30. The number of aromatic nitrogens is 2. The number of benzene rings is 3. The van der Waals surface area contributed by atoms with E-state index in [1.54, 1.807) is 25.3 Å². The molecule has 0 radical (unpaired) electrons. The van der Waals surface area contributed by atoms with Crippen molar-refractivity contribution in [2.45, 2.75) is 44.9 Å². The Morgan fingerprint density at radius 3 is 2.10 bits per heavy atom. The largest absolute Gasteiger partial charge is 0.573 e. The van der Waals surface area contributed by atoms with Crippen LogP contribution in [0.1, 0.15) is 34.5 Å². The second-order valence-corrected chi connectivity index (χ2v) is 9.13. The van der Waals surface area contributed by atoms with E-state index >= 15 is 4.39 Å². The van der Waals surface area contributed by atoms with Crippen LogP contribution in [0.5, 0.6) is 5.75 Å². The first kappa shape index (κ1) is 28.4. The highest BCUT2D eigenvalue weighted by Gasteiger charge is 2.34. The van der Waals surface area contributed by atoms with E-state index in [2.05, 4.69) is 14.7 Å². The molecule has 0 atom stereocenters. The van der Waals surface area contributed by atoms with Crippen LogP contribution in [0.4, 0.5) is 26.3 Å². The van der Waals surface area contributed by atoms with Gasteiger partial charge in [0, 0.05) is 37.9 Å². The number of rotatable bonds is 11. The number of nitrogens with zero attached hydrogens (tertiary/aromatic N) is 2. The minimum atomic E-state index is -5.22. The number of ether oxygens (including phenoxy) is 2. The molecule has 206 valence electrons. The average Bonchev–Trinajstić information content (AvgIpc) is 2.89. The third-order valence-corrected chi connectivity index (χ3v) is 6.27. The molecule has 0 aliphatic heterocycles. The smallest absolute Gasteiger partial charge is 0.399 e. The first-order valence-corrected chi connectivity index (χ1v) is 12.4. The molecular formula is C29H26F6N2O2. The summed E-state index contributed by atoms with van der Waals surface area (Å²) < 4.78 is 88.6. The first-order chi connectivity index (χ1) is 18.6. The predicted octanol–water partition coefficient (Wildman–Crippen LogP) is 7.10. The van der Waals surface area contributed by atoms with E-state index in [9.17, 15) is 22.0 Å². The summed E-state index contributed by atoms with van der Waals surface area (Å²) in [4.78, 5) is 8.84. The fraction of sp³-hybridized carbons (Fsp3) is 0.310. The molecule has 0 spiro atoms. The summed E-state index contributed by atoms with van der Waals surface area (Å²) in [7, 11) is 1.67. The van der Waals surface area contributed by atoms with E-state index in [0.717, 1.165) is 41.9 Å². The zero-order chi connectivity index (χ0) is 28.0. The molecule has 0 aliphatic rings. The van der Waals surface area contributed by atoms with E-state index in [4.69, 9.17) is 4.74 Å². The molecule has 1 aromatic heterocycles. The topological polar surface area (TPSA) is 44.2 Å². The Morgan fingerprint density at radius 1 is 0.744 bits per heavy atom. The Labute approximate surface area is 221 Å². The SMILES string of the molecule is COCCCc1cnc(CCc2ccc3c(F)c(CCc4cc(F)c(OC(F)(F)F)c(F)c4)ccc3c2)nc1. The molecular weight excluding hydrogens is 522 g/mol. The molecule has 3 aromatic carbocycles. The highest BCUT2D eigenvalue weighted by atomic mass is 19.4. The molecule has 0 fully saturated rings. The van der Waals surface area contributed by atoms with E-state index in [1.807, 2.05) is 24.5 Å². The van der Waals surface area contributed by atoms with Gasteiger partial charge in [-0.3, -0.25) is 0 Å². The number of aryl methyl sites for hydroxylation is 5. The number of fused-ring (bicyclic) bond motifs is 1. The average molecular weight is 549 g/mol. The van der Waals surface area contributed by atoms with Crippen molar-refractivity contribution in [3.8, 4) is 5.75 Å². The summed E-state index contributed by atoms with van der Waals surface area (Å²) in [5.74, 6) is -4.20. The molecule has 1 heterocycles. The van der Waals surface area contributed by atoms with Crippen molar-refractivity contribution in [3.63, 3.8) is 0 Å². The molecule has 10 heteroatoms. The number of hydrogen-bond acceptors (Lipinski definition) is 4. The van der Waals surface area contributed by atoms with Crippen LogP contribution in [0, 0.1) is 17.5 Å². The van der Waals surface area contributed by atoms with Crippen molar-refractivity contribution in [3.05, 3.63) is 100 Å². The lowest BCUT2D eigenvalue weighted by Gasteiger charge is -2.12. The highest BCUT2D eigenvalue weighted by Crippen LogP contribution is 2.30. The van der Waals surface area contributed by atoms with Gasteiger partial charge in [-0.25, -0.2) is 23.1 Å². The summed E-state index contributed by atoms with van der Waals surface area (Å²) in [6.45, 7) is 0.684. The second kappa shape index (κ2) is 12.5. The van der Waals surface area contributed by atoms with Gasteiger partial charge < -0.3 is 9.47 Å². The maximum Gasteiger partial charge on any atom is 0.573 e. The Morgan fingerprint density at radius 2 is 1.44 bits per heavy atom. The van der Waals surface area contributed by atoms with E-state index < -0.39 is 29.6 Å². The lowest BCUT2D eigenvalue weighted by atomic mass is 9.98. The van der Waals surface area contributed by atoms with Crippen molar-refractivity contribution in [2.75, 3.05) is 13.7 Å². The van der Waals surface area contributed by atoms with Gasteiger partial charge in [-0.1, -0.05) is 30.3 Å². The van der Waals surface area contributed by atoms with Crippen LogP contribution in [0.15, 0.2) is 54.9 Å². The van der Waals surface area contributed by atoms with Crippen LogP contribution >= 0.6 is 0 Å². The third-order valence-electron chi connectivity index (χ3n) is 6.27. The number of methoxy groups -OCH3 is 1. The normalized spacial score (nSPS) is 11.8. The van der Waals surface area contributed by atoms with Crippen LogP contribution in [0.25, 0.3) is 10.8 Å². The van der Waals surface area contributed by atoms with E-state index in [-0.39, 0.29) is 18.4 Å². The van der Waals surface area contributed by atoms with Crippen molar-refractivity contribution in [2.24, 2.45) is 0 Å². The molecule has 0 N–H and O–H groups in total. The zero-order valence-electron chi connectivity index (χ0n) is 21.1. The maximum atomic E-state index is 15.2. The van der Waals surface area contributed by atoms with Gasteiger partial charge in [0.1, 0.15) is 11.6 Å². The van der Waals surface area contributed by atoms with Gasteiger partial charge in [-0.15, -0.1) is 13.2 Å². The third kappa shape index (κ3) is 7.69. The molecule has 0 amide bonds. The Kier molecular flexibility index (Phi) is 9.06. The predicted molar refractivity (Wildman–Crippen MR) is 134 cm³/mol. The van der Waals surface area contributed by atoms with Gasteiger partial charge >= 0.3 is 6.36 Å². The van der Waals surface area contributed by atoms with Crippen LogP contribution in [-0.2, 0) is 36.8 Å². The van der Waals surface area contributed by atoms with Crippen molar-refractivity contribution < 1.29 is 35.8 Å². The van der Waals surface area contributed by atoms with Crippen LogP contribution < -0.4 is 4.74 Å². The summed E-state index contributed by atoms with van der Waals surface area (Å²) in [6.07, 6.45) is 1.60. The van der Waals surface area contributed by atoms with Crippen molar-refractivity contribution in [1.29, 1.82) is 0 Å². The Hall–Kier alpha value is -3.66. The minimum Gasteiger partial charge on any atom is -0.399 e. The second-order valence-electron chi connectivity index (χ2n) is 9.13. The van der Waals surface area contributed by atoms with E-state index in [1.165, 1.54) is 0 Å². The van der Waals surface area contributed by atoms with Gasteiger partial charge in [-0.2, -0.15) is 0 Å². The molecule has 0 saturated heterocycles. The minimum absolute atomic E-state index is 0.0197.